The van der Waals surface area contributed by atoms with Crippen molar-refractivity contribution < 1.29 is 14.7 Å². The summed E-state index contributed by atoms with van der Waals surface area (Å²) in [5.41, 5.74) is 4.84. The number of anilines is 1. The lowest BCUT2D eigenvalue weighted by molar-refractivity contribution is -0.301. The van der Waals surface area contributed by atoms with Crippen molar-refractivity contribution in [3.8, 4) is 0 Å². The molecule has 1 aromatic carbocycles. The maximum Gasteiger partial charge on any atom is 0.269 e. The highest BCUT2D eigenvalue weighted by Gasteiger charge is 2.23. The number of nitrogens with zero attached hydrogens (tertiary/aromatic N) is 2. The average molecular weight is 275 g/mol. The van der Waals surface area contributed by atoms with E-state index in [4.69, 9.17) is 0 Å². The fourth-order valence-electron chi connectivity index (χ4n) is 2.93. The molecule has 0 unspecified atom stereocenters. The van der Waals surface area contributed by atoms with Crippen molar-refractivity contribution in [2.45, 2.75) is 20.8 Å². The maximum atomic E-state index is 11.4. The smallest absolute Gasteiger partial charge is 0.269 e. The van der Waals surface area contributed by atoms with Gasteiger partial charge in [0, 0.05) is 31.9 Å². The van der Waals surface area contributed by atoms with Crippen LogP contribution in [0.3, 0.4) is 0 Å². The van der Waals surface area contributed by atoms with Crippen LogP contribution in [0.4, 0.5) is 5.69 Å². The minimum atomic E-state index is -1.62. The molecule has 0 radical (unpaired) electrons. The van der Waals surface area contributed by atoms with Crippen LogP contribution in [0.25, 0.3) is 0 Å². The van der Waals surface area contributed by atoms with E-state index in [9.17, 15) is 14.7 Å². The van der Waals surface area contributed by atoms with Gasteiger partial charge in [0.25, 0.3) is 5.91 Å². The number of rotatable bonds is 1. The predicted molar refractivity (Wildman–Crippen MR) is 74.5 cm³/mol. The molecule has 0 N–H and O–H groups in total. The molecule has 1 aliphatic heterocycles. The third kappa shape index (κ3) is 2.76. The van der Waals surface area contributed by atoms with E-state index < -0.39 is 11.9 Å². The molecule has 0 bridgehead atoms. The number of benzene rings is 1. The van der Waals surface area contributed by atoms with E-state index in [1.54, 1.807) is 0 Å². The zero-order chi connectivity index (χ0) is 14.9. The van der Waals surface area contributed by atoms with Crippen LogP contribution in [0, 0.1) is 20.8 Å². The minimum absolute atomic E-state index is 0.416. The number of carboxylic acid groups (broad SMARTS) is 1. The Balaban J connectivity index is 2.12. The molecule has 0 aliphatic carbocycles. The number of carboxylic acids is 1. The molecule has 0 aromatic heterocycles. The van der Waals surface area contributed by atoms with Crippen LogP contribution in [0.5, 0.6) is 0 Å². The summed E-state index contributed by atoms with van der Waals surface area (Å²) in [4.78, 5) is 25.5. The second-order valence-corrected chi connectivity index (χ2v) is 5.31. The molecule has 1 amide bonds. The van der Waals surface area contributed by atoms with Crippen molar-refractivity contribution in [2.24, 2.45) is 0 Å². The van der Waals surface area contributed by atoms with E-state index in [1.165, 1.54) is 27.3 Å². The lowest BCUT2D eigenvalue weighted by Crippen LogP contribution is -2.53. The van der Waals surface area contributed by atoms with Gasteiger partial charge in [0.15, 0.2) is 0 Å². The summed E-state index contributed by atoms with van der Waals surface area (Å²) >= 11 is 0. The van der Waals surface area contributed by atoms with Crippen molar-refractivity contribution in [1.82, 2.24) is 4.90 Å². The average Bonchev–Trinajstić information content (AvgIpc) is 2.37. The van der Waals surface area contributed by atoms with Gasteiger partial charge in [-0.2, -0.15) is 0 Å². The number of carbonyl (C=O) groups is 2. The van der Waals surface area contributed by atoms with Gasteiger partial charge in [0.1, 0.15) is 5.97 Å². The van der Waals surface area contributed by atoms with Crippen LogP contribution in [0.1, 0.15) is 16.7 Å². The Labute approximate surface area is 118 Å². The highest BCUT2D eigenvalue weighted by Crippen LogP contribution is 2.27. The molecule has 0 spiro atoms. The first-order valence-electron chi connectivity index (χ1n) is 6.73. The summed E-state index contributed by atoms with van der Waals surface area (Å²) in [6, 6.07) is 4.28. The van der Waals surface area contributed by atoms with Crippen molar-refractivity contribution in [3.63, 3.8) is 0 Å². The Bertz CT molecular complexity index is 523. The lowest BCUT2D eigenvalue weighted by atomic mass is 10.0. The van der Waals surface area contributed by atoms with Crippen LogP contribution < -0.4 is 10.0 Å². The molecule has 5 heteroatoms. The first kappa shape index (κ1) is 14.4. The van der Waals surface area contributed by atoms with Gasteiger partial charge in [-0.3, -0.25) is 4.79 Å². The van der Waals surface area contributed by atoms with Gasteiger partial charge in [-0.1, -0.05) is 17.7 Å². The Hall–Kier alpha value is -2.04. The Morgan fingerprint density at radius 2 is 1.50 bits per heavy atom. The molecule has 20 heavy (non-hydrogen) atoms. The summed E-state index contributed by atoms with van der Waals surface area (Å²) < 4.78 is 0. The molecule has 1 saturated heterocycles. The van der Waals surface area contributed by atoms with Gasteiger partial charge in [-0.15, -0.1) is 0 Å². The van der Waals surface area contributed by atoms with Crippen LogP contribution in [-0.2, 0) is 9.59 Å². The Kier molecular flexibility index (Phi) is 3.97. The highest BCUT2D eigenvalue weighted by atomic mass is 16.4. The van der Waals surface area contributed by atoms with E-state index in [1.807, 2.05) is 0 Å². The van der Waals surface area contributed by atoms with Crippen molar-refractivity contribution in [3.05, 3.63) is 28.8 Å². The van der Waals surface area contributed by atoms with Gasteiger partial charge in [0.2, 0.25) is 0 Å². The van der Waals surface area contributed by atoms with Crippen LogP contribution in [0.2, 0.25) is 0 Å². The summed E-state index contributed by atoms with van der Waals surface area (Å²) in [6.07, 6.45) is 0. The second-order valence-electron chi connectivity index (χ2n) is 5.31. The van der Waals surface area contributed by atoms with Crippen molar-refractivity contribution in [1.29, 1.82) is 0 Å². The van der Waals surface area contributed by atoms with Crippen LogP contribution in [0.15, 0.2) is 12.1 Å². The topological polar surface area (TPSA) is 63.7 Å². The predicted octanol–water partition coefficient (Wildman–Crippen LogP) is 0.0104. The third-order valence-electron chi connectivity index (χ3n) is 3.69. The number of amides is 1. The van der Waals surface area contributed by atoms with Gasteiger partial charge >= 0.3 is 0 Å². The Morgan fingerprint density at radius 1 is 1.00 bits per heavy atom. The van der Waals surface area contributed by atoms with E-state index in [0.29, 0.717) is 26.2 Å². The number of aryl methyl sites for hydroxylation is 3. The molecule has 1 aliphatic rings. The van der Waals surface area contributed by atoms with Crippen LogP contribution in [-0.4, -0.2) is 43.0 Å². The molecule has 5 nitrogen and oxygen atoms in total. The molecular weight excluding hydrogens is 256 g/mol. The fourth-order valence-corrected chi connectivity index (χ4v) is 2.93. The highest BCUT2D eigenvalue weighted by molar-refractivity contribution is 6.30. The molecule has 1 heterocycles. The first-order chi connectivity index (χ1) is 9.40. The van der Waals surface area contributed by atoms with E-state index in [0.717, 1.165) is 0 Å². The maximum absolute atomic E-state index is 11.4. The normalized spacial score (nSPS) is 15.3. The van der Waals surface area contributed by atoms with Crippen LogP contribution >= 0.6 is 0 Å². The first-order valence-corrected chi connectivity index (χ1v) is 6.73. The number of hydrogen-bond donors (Lipinski definition) is 0. The summed E-state index contributed by atoms with van der Waals surface area (Å²) in [5, 5.41) is 10.6. The van der Waals surface area contributed by atoms with E-state index in [-0.39, 0.29) is 0 Å². The van der Waals surface area contributed by atoms with E-state index >= 15 is 0 Å². The molecule has 1 aromatic rings. The number of piperazine rings is 1. The minimum Gasteiger partial charge on any atom is -0.540 e. The Morgan fingerprint density at radius 3 is 1.95 bits per heavy atom. The van der Waals surface area contributed by atoms with Gasteiger partial charge < -0.3 is 19.7 Å². The molecule has 1 fully saturated rings. The second kappa shape index (κ2) is 5.53. The summed E-state index contributed by atoms with van der Waals surface area (Å²) in [6.45, 7) is 8.34. The molecule has 2 rings (SSSR count). The monoisotopic (exact) mass is 275 g/mol. The van der Waals surface area contributed by atoms with Gasteiger partial charge in [0.05, 0.1) is 0 Å². The molecule has 0 atom stereocenters. The lowest BCUT2D eigenvalue weighted by Gasteiger charge is -2.37. The largest absolute Gasteiger partial charge is 0.540 e. The summed E-state index contributed by atoms with van der Waals surface area (Å²) in [7, 11) is 0. The van der Waals surface area contributed by atoms with Crippen molar-refractivity contribution in [2.75, 3.05) is 31.1 Å². The molecular formula is C15H19N2O3-. The fraction of sp³-hybridized carbons (Fsp3) is 0.467. The van der Waals surface area contributed by atoms with Gasteiger partial charge in [-0.05, 0) is 31.9 Å². The number of carbonyl (C=O) groups excluding carboxylic acids is 2. The number of aliphatic carboxylic acids is 1. The third-order valence-corrected chi connectivity index (χ3v) is 3.69. The number of hydrogen-bond acceptors (Lipinski definition) is 4. The zero-order valence-corrected chi connectivity index (χ0v) is 12.1. The van der Waals surface area contributed by atoms with Crippen molar-refractivity contribution >= 4 is 17.6 Å². The van der Waals surface area contributed by atoms with E-state index in [2.05, 4.69) is 37.8 Å². The summed E-state index contributed by atoms with van der Waals surface area (Å²) in [5.74, 6) is -2.54. The quantitative estimate of drug-likeness (QED) is 0.677. The zero-order valence-electron chi connectivity index (χ0n) is 12.1. The standard InChI is InChI=1S/C15H20N2O3/c1-10-8-11(2)13(12(3)9-10)16-4-6-17(7-5-16)14(18)15(19)20/h8-9H,4-7H2,1-3H3,(H,19,20)/p-1. The molecule has 108 valence electrons. The molecule has 0 saturated carbocycles. The SMILES string of the molecule is Cc1cc(C)c(N2CCN(C(=O)C(=O)[O-])CC2)c(C)c1. The van der Waals surface area contributed by atoms with Gasteiger partial charge in [-0.25, -0.2) is 0 Å².